The average molecular weight is 394 g/mol. The maximum absolute atomic E-state index is 14.5. The van der Waals surface area contributed by atoms with Crippen molar-refractivity contribution in [2.45, 2.75) is 25.9 Å². The highest BCUT2D eigenvalue weighted by molar-refractivity contribution is 7.55. The highest BCUT2D eigenvalue weighted by Gasteiger charge is 2.55. The van der Waals surface area contributed by atoms with Crippen LogP contribution in [0.4, 0.5) is 0 Å². The van der Waals surface area contributed by atoms with Crippen LogP contribution in [-0.2, 0) is 18.8 Å². The van der Waals surface area contributed by atoms with Gasteiger partial charge in [-0.1, -0.05) is 84.9 Å². The Morgan fingerprint density at radius 1 is 0.714 bits per heavy atom. The van der Waals surface area contributed by atoms with Crippen molar-refractivity contribution in [1.82, 2.24) is 0 Å². The van der Waals surface area contributed by atoms with Gasteiger partial charge in [-0.15, -0.1) is 0 Å². The Bertz CT molecular complexity index is 889. The Morgan fingerprint density at radius 3 is 1.57 bits per heavy atom. The van der Waals surface area contributed by atoms with Crippen molar-refractivity contribution < 1.29 is 13.6 Å². The minimum Gasteiger partial charge on any atom is -0.308 e. The second kappa shape index (κ2) is 8.87. The molecule has 4 heteroatoms. The lowest BCUT2D eigenvalue weighted by Crippen LogP contribution is -2.32. The van der Waals surface area contributed by atoms with Gasteiger partial charge in [0.1, 0.15) is 5.16 Å². The average Bonchev–Trinajstić information content (AvgIpc) is 2.72. The van der Waals surface area contributed by atoms with Gasteiger partial charge in [0.2, 0.25) is 0 Å². The monoisotopic (exact) mass is 394 g/mol. The van der Waals surface area contributed by atoms with Crippen LogP contribution in [0.2, 0.25) is 0 Å². The lowest BCUT2D eigenvalue weighted by Gasteiger charge is -2.41. The van der Waals surface area contributed by atoms with Crippen LogP contribution in [0, 0.1) is 6.92 Å². The minimum atomic E-state index is -3.65. The molecule has 0 amide bonds. The summed E-state index contributed by atoms with van der Waals surface area (Å²) in [6.45, 7) is 6.34. The molecule has 3 rings (SSSR count). The van der Waals surface area contributed by atoms with E-state index in [2.05, 4.69) is 0 Å². The quantitative estimate of drug-likeness (QED) is 0.321. The molecule has 0 heterocycles. The van der Waals surface area contributed by atoms with Gasteiger partial charge in [-0.25, -0.2) is 0 Å². The summed E-state index contributed by atoms with van der Waals surface area (Å²) in [6, 6.07) is 27.8. The Morgan fingerprint density at radius 2 is 1.14 bits per heavy atom. The van der Waals surface area contributed by atoms with Gasteiger partial charge in [0.05, 0.1) is 13.2 Å². The summed E-state index contributed by atoms with van der Waals surface area (Å²) in [6.07, 6.45) is 0. The zero-order valence-corrected chi connectivity index (χ0v) is 17.6. The predicted octanol–water partition coefficient (Wildman–Crippen LogP) is 6.55. The third kappa shape index (κ3) is 3.46. The molecule has 0 aliphatic carbocycles. The van der Waals surface area contributed by atoms with Crippen molar-refractivity contribution in [3.8, 4) is 0 Å². The van der Waals surface area contributed by atoms with Crippen molar-refractivity contribution in [3.05, 3.63) is 107 Å². The summed E-state index contributed by atoms with van der Waals surface area (Å²) in [5, 5.41) is -1.06. The van der Waals surface area contributed by atoms with Crippen LogP contribution in [-0.4, -0.2) is 13.2 Å². The molecule has 3 aromatic rings. The van der Waals surface area contributed by atoms with E-state index in [4.69, 9.17) is 9.05 Å². The smallest absolute Gasteiger partial charge is 0.308 e. The molecule has 0 aliphatic heterocycles. The molecule has 0 fully saturated rings. The van der Waals surface area contributed by atoms with Crippen LogP contribution >= 0.6 is 7.60 Å². The molecule has 0 radical (unpaired) electrons. The van der Waals surface area contributed by atoms with Gasteiger partial charge >= 0.3 is 7.60 Å². The lowest BCUT2D eigenvalue weighted by atomic mass is 9.82. The SMILES string of the molecule is CCOP(=O)(OCC)C(c1ccccc1)(c1ccccc1)c1ccccc1C. The van der Waals surface area contributed by atoms with E-state index in [-0.39, 0.29) is 0 Å². The molecule has 0 saturated carbocycles. The third-order valence-electron chi connectivity index (χ3n) is 4.93. The predicted molar refractivity (Wildman–Crippen MR) is 115 cm³/mol. The number of benzene rings is 3. The number of aryl methyl sites for hydroxylation is 1. The first-order valence-electron chi connectivity index (χ1n) is 9.66. The van der Waals surface area contributed by atoms with Gasteiger partial charge in [-0.2, -0.15) is 0 Å². The number of rotatable bonds is 8. The first-order chi connectivity index (χ1) is 13.6. The summed E-state index contributed by atoms with van der Waals surface area (Å²) >= 11 is 0. The van der Waals surface area contributed by atoms with E-state index in [1.807, 2.05) is 106 Å². The van der Waals surface area contributed by atoms with Crippen molar-refractivity contribution >= 4 is 7.60 Å². The summed E-state index contributed by atoms with van der Waals surface area (Å²) in [5.41, 5.74) is 3.74. The second-order valence-electron chi connectivity index (χ2n) is 6.59. The Balaban J connectivity index is 2.50. The van der Waals surface area contributed by atoms with Crippen LogP contribution in [0.5, 0.6) is 0 Å². The Kier molecular flexibility index (Phi) is 6.51. The van der Waals surface area contributed by atoms with E-state index in [1.165, 1.54) is 0 Å². The van der Waals surface area contributed by atoms with Crippen LogP contribution in [0.25, 0.3) is 0 Å². The van der Waals surface area contributed by atoms with Crippen molar-refractivity contribution in [3.63, 3.8) is 0 Å². The molecular formula is C24H27O3P. The Labute approximate surface area is 167 Å². The summed E-state index contributed by atoms with van der Waals surface area (Å²) in [5.74, 6) is 0. The molecule has 0 atom stereocenters. The van der Waals surface area contributed by atoms with Crippen molar-refractivity contribution in [2.75, 3.05) is 13.2 Å². The molecule has 0 aliphatic rings. The van der Waals surface area contributed by atoms with Crippen LogP contribution in [0.3, 0.4) is 0 Å². The van der Waals surface area contributed by atoms with Gasteiger partial charge < -0.3 is 9.05 Å². The molecular weight excluding hydrogens is 367 g/mol. The molecule has 0 saturated heterocycles. The fourth-order valence-electron chi connectivity index (χ4n) is 3.85. The van der Waals surface area contributed by atoms with E-state index >= 15 is 0 Å². The van der Waals surface area contributed by atoms with Crippen LogP contribution in [0.15, 0.2) is 84.9 Å². The van der Waals surface area contributed by atoms with E-state index in [1.54, 1.807) is 0 Å². The molecule has 3 nitrogen and oxygen atoms in total. The molecule has 146 valence electrons. The fourth-order valence-corrected chi connectivity index (χ4v) is 6.47. The van der Waals surface area contributed by atoms with E-state index < -0.39 is 12.8 Å². The van der Waals surface area contributed by atoms with E-state index in [0.717, 1.165) is 22.3 Å². The number of hydrogen-bond donors (Lipinski definition) is 0. The standard InChI is InChI=1S/C24H27O3P/c1-4-26-28(25,27-5-2)24(21-15-8-6-9-16-21,22-17-10-7-11-18-22)23-19-13-12-14-20(23)3/h6-19H,4-5H2,1-3H3. The summed E-state index contributed by atoms with van der Waals surface area (Å²) in [7, 11) is -3.65. The van der Waals surface area contributed by atoms with Gasteiger partial charge in [-0.05, 0) is 43.0 Å². The first-order valence-corrected chi connectivity index (χ1v) is 11.2. The molecule has 3 aromatic carbocycles. The highest BCUT2D eigenvalue weighted by Crippen LogP contribution is 2.70. The lowest BCUT2D eigenvalue weighted by molar-refractivity contribution is 0.206. The second-order valence-corrected chi connectivity index (χ2v) is 8.77. The third-order valence-corrected chi connectivity index (χ3v) is 7.70. The minimum absolute atomic E-state index is 0.296. The maximum Gasteiger partial charge on any atom is 0.349 e. The largest absolute Gasteiger partial charge is 0.349 e. The van der Waals surface area contributed by atoms with Gasteiger partial charge in [0.15, 0.2) is 0 Å². The normalized spacial score (nSPS) is 12.1. The zero-order chi connectivity index (χ0) is 20.0. The number of hydrogen-bond acceptors (Lipinski definition) is 3. The molecule has 28 heavy (non-hydrogen) atoms. The molecule has 0 spiro atoms. The van der Waals surface area contributed by atoms with Gasteiger partial charge in [0.25, 0.3) is 0 Å². The topological polar surface area (TPSA) is 35.5 Å². The molecule has 0 aromatic heterocycles. The van der Waals surface area contributed by atoms with E-state index in [9.17, 15) is 4.57 Å². The maximum atomic E-state index is 14.5. The highest BCUT2D eigenvalue weighted by atomic mass is 31.2. The summed E-state index contributed by atoms with van der Waals surface area (Å²) < 4.78 is 26.5. The van der Waals surface area contributed by atoms with Gasteiger partial charge in [-0.3, -0.25) is 4.57 Å². The molecule has 0 unspecified atom stereocenters. The van der Waals surface area contributed by atoms with Crippen LogP contribution in [0.1, 0.15) is 36.1 Å². The van der Waals surface area contributed by atoms with Crippen molar-refractivity contribution in [2.24, 2.45) is 0 Å². The summed E-state index contributed by atoms with van der Waals surface area (Å²) in [4.78, 5) is 0. The van der Waals surface area contributed by atoms with E-state index in [0.29, 0.717) is 13.2 Å². The van der Waals surface area contributed by atoms with Crippen LogP contribution < -0.4 is 0 Å². The zero-order valence-electron chi connectivity index (χ0n) is 16.7. The fraction of sp³-hybridized carbons (Fsp3) is 0.250. The van der Waals surface area contributed by atoms with Crippen molar-refractivity contribution in [1.29, 1.82) is 0 Å². The molecule has 0 bridgehead atoms. The van der Waals surface area contributed by atoms with Gasteiger partial charge in [0, 0.05) is 0 Å². The first kappa shape index (κ1) is 20.5. The molecule has 0 N–H and O–H groups in total. The Hall–Kier alpha value is -2.19.